The van der Waals surface area contributed by atoms with Gasteiger partial charge in [-0.25, -0.2) is 0 Å². The molecule has 0 saturated heterocycles. The zero-order valence-electron chi connectivity index (χ0n) is 9.56. The van der Waals surface area contributed by atoms with E-state index in [-0.39, 0.29) is 0 Å². The number of hydrogen-bond donors (Lipinski definition) is 1. The molecule has 0 saturated carbocycles. The molecule has 1 aliphatic carbocycles. The van der Waals surface area contributed by atoms with Crippen molar-refractivity contribution in [2.75, 3.05) is 0 Å². The molecule has 1 N–H and O–H groups in total. The normalized spacial score (nSPS) is 20.5. The summed E-state index contributed by atoms with van der Waals surface area (Å²) in [5, 5.41) is 14.1. The average Bonchev–Trinajstić information content (AvgIpc) is 2.43. The Morgan fingerprint density at radius 3 is 2.17 bits per heavy atom. The van der Waals surface area contributed by atoms with Crippen LogP contribution in [0.25, 0.3) is 21.6 Å². The first-order valence-electron chi connectivity index (χ1n) is 5.73. The molecule has 2 unspecified atom stereocenters. The lowest BCUT2D eigenvalue weighted by molar-refractivity contribution is 0.145. The van der Waals surface area contributed by atoms with E-state index in [1.807, 2.05) is 48.5 Å². The molecule has 4 nitrogen and oxygen atoms in total. The summed E-state index contributed by atoms with van der Waals surface area (Å²) < 4.78 is 0. The van der Waals surface area contributed by atoms with Crippen LogP contribution in [0.1, 0.15) is 23.3 Å². The molecule has 3 rings (SSSR count). The van der Waals surface area contributed by atoms with Gasteiger partial charge in [0.05, 0.1) is 12.1 Å². The molecule has 2 aromatic carbocycles. The van der Waals surface area contributed by atoms with Crippen LogP contribution in [0.4, 0.5) is 0 Å². The van der Waals surface area contributed by atoms with Crippen LogP contribution in [0, 0.1) is 0 Å². The predicted molar refractivity (Wildman–Crippen MR) is 68.7 cm³/mol. The van der Waals surface area contributed by atoms with Crippen molar-refractivity contribution >= 4 is 0 Å². The molecule has 88 valence electrons. The van der Waals surface area contributed by atoms with Crippen LogP contribution in [0.3, 0.4) is 0 Å². The van der Waals surface area contributed by atoms with Crippen LogP contribution < -0.4 is 0 Å². The molecule has 0 aliphatic heterocycles. The van der Waals surface area contributed by atoms with Crippen LogP contribution >= 0.6 is 0 Å². The maximum Gasteiger partial charge on any atom is 0.0932 e. The Morgan fingerprint density at radius 1 is 0.944 bits per heavy atom. The summed E-state index contributed by atoms with van der Waals surface area (Å²) in [6, 6.07) is 14.8. The smallest absolute Gasteiger partial charge is 0.0932 e. The Hall–Kier alpha value is -2.29. The quantitative estimate of drug-likeness (QED) is 0.458. The second-order valence-corrected chi connectivity index (χ2v) is 4.27. The molecule has 2 aromatic rings. The van der Waals surface area contributed by atoms with Crippen molar-refractivity contribution in [3.05, 3.63) is 70.1 Å². The number of hydrogen-bond acceptors (Lipinski definition) is 2. The minimum atomic E-state index is -0.785. The van der Waals surface area contributed by atoms with Gasteiger partial charge < -0.3 is 5.11 Å². The number of aliphatic hydroxyl groups is 1. The first-order chi connectivity index (χ1) is 8.83. The third kappa shape index (κ3) is 1.48. The van der Waals surface area contributed by atoms with Crippen LogP contribution in [0.15, 0.2) is 53.6 Å². The second kappa shape index (κ2) is 4.18. The summed E-state index contributed by atoms with van der Waals surface area (Å²) in [4.78, 5) is 2.85. The molecule has 0 bridgehead atoms. The molecule has 2 atom stereocenters. The van der Waals surface area contributed by atoms with Crippen LogP contribution in [0.5, 0.6) is 0 Å². The average molecular weight is 237 g/mol. The first kappa shape index (κ1) is 10.8. The van der Waals surface area contributed by atoms with Crippen molar-refractivity contribution in [3.8, 4) is 11.1 Å². The van der Waals surface area contributed by atoms with Crippen LogP contribution in [0.2, 0.25) is 0 Å². The van der Waals surface area contributed by atoms with Gasteiger partial charge in [0.1, 0.15) is 0 Å². The highest BCUT2D eigenvalue weighted by Crippen LogP contribution is 2.45. The van der Waals surface area contributed by atoms with Gasteiger partial charge in [0.15, 0.2) is 0 Å². The predicted octanol–water partition coefficient (Wildman–Crippen LogP) is 3.75. The summed E-state index contributed by atoms with van der Waals surface area (Å²) in [5.74, 6) is 0. The van der Waals surface area contributed by atoms with Crippen molar-refractivity contribution in [2.45, 2.75) is 12.1 Å². The van der Waals surface area contributed by atoms with Gasteiger partial charge in [0.25, 0.3) is 0 Å². The molecule has 0 amide bonds. The van der Waals surface area contributed by atoms with Gasteiger partial charge in [0, 0.05) is 4.91 Å². The highest BCUT2D eigenvalue weighted by molar-refractivity contribution is 5.74. The fourth-order valence-corrected chi connectivity index (χ4v) is 2.52. The largest absolute Gasteiger partial charge is 0.388 e. The molecule has 4 heteroatoms. The number of fused-ring (bicyclic) bond motifs is 3. The van der Waals surface area contributed by atoms with Gasteiger partial charge in [-0.05, 0) is 27.8 Å². The fourth-order valence-electron chi connectivity index (χ4n) is 2.52. The standard InChI is InChI=1S/C14H11N3O/c15-17-16-13-11-7-3-1-5-9(11)10-6-2-4-8-12(10)14(13)18/h1-8,13-14,18H. The Bertz CT molecular complexity index is 647. The molecular formula is C14H11N3O. The van der Waals surface area contributed by atoms with E-state index in [1.165, 1.54) is 0 Å². The number of rotatable bonds is 1. The maximum absolute atomic E-state index is 10.3. The molecule has 1 aliphatic rings. The van der Waals surface area contributed by atoms with Gasteiger partial charge in [-0.3, -0.25) is 0 Å². The SMILES string of the molecule is [N-]=[N+]=NC1c2ccccc2-c2ccccc2C1O. The number of nitrogens with zero attached hydrogens (tertiary/aromatic N) is 3. The van der Waals surface area contributed by atoms with Crippen LogP contribution in [-0.4, -0.2) is 5.11 Å². The van der Waals surface area contributed by atoms with Crippen molar-refractivity contribution in [1.82, 2.24) is 0 Å². The maximum atomic E-state index is 10.3. The van der Waals surface area contributed by atoms with Crippen LogP contribution in [-0.2, 0) is 0 Å². The first-order valence-corrected chi connectivity index (χ1v) is 5.73. The Kier molecular flexibility index (Phi) is 2.52. The fraction of sp³-hybridized carbons (Fsp3) is 0.143. The van der Waals surface area contributed by atoms with E-state index in [2.05, 4.69) is 10.0 Å². The highest BCUT2D eigenvalue weighted by atomic mass is 16.3. The highest BCUT2D eigenvalue weighted by Gasteiger charge is 2.31. The summed E-state index contributed by atoms with van der Waals surface area (Å²) in [6.07, 6.45) is -0.785. The molecule has 0 spiro atoms. The molecule has 0 fully saturated rings. The monoisotopic (exact) mass is 237 g/mol. The van der Waals surface area contributed by atoms with E-state index in [0.29, 0.717) is 0 Å². The van der Waals surface area contributed by atoms with E-state index in [4.69, 9.17) is 5.53 Å². The molecule has 0 heterocycles. The topological polar surface area (TPSA) is 69.0 Å². The Balaban J connectivity index is 2.31. The Morgan fingerprint density at radius 2 is 1.50 bits per heavy atom. The van der Waals surface area contributed by atoms with Gasteiger partial charge in [-0.15, -0.1) is 0 Å². The van der Waals surface area contributed by atoms with Gasteiger partial charge in [0.2, 0.25) is 0 Å². The third-order valence-electron chi connectivity index (χ3n) is 3.32. The van der Waals surface area contributed by atoms with Crippen molar-refractivity contribution < 1.29 is 5.11 Å². The van der Waals surface area contributed by atoms with E-state index < -0.39 is 12.1 Å². The lowest BCUT2D eigenvalue weighted by Crippen LogP contribution is -2.15. The zero-order chi connectivity index (χ0) is 12.5. The number of aliphatic hydroxyl groups excluding tert-OH is 1. The minimum absolute atomic E-state index is 0.555. The minimum Gasteiger partial charge on any atom is -0.388 e. The molecule has 0 aromatic heterocycles. The summed E-state index contributed by atoms with van der Waals surface area (Å²) in [7, 11) is 0. The molecular weight excluding hydrogens is 226 g/mol. The summed E-state index contributed by atoms with van der Waals surface area (Å²) in [5.41, 5.74) is 12.4. The third-order valence-corrected chi connectivity index (χ3v) is 3.32. The summed E-state index contributed by atoms with van der Waals surface area (Å²) in [6.45, 7) is 0. The van der Waals surface area contributed by atoms with Gasteiger partial charge in [-0.1, -0.05) is 53.6 Å². The lowest BCUT2D eigenvalue weighted by Gasteiger charge is -2.29. The number of azide groups is 1. The van der Waals surface area contributed by atoms with Crippen molar-refractivity contribution in [2.24, 2.45) is 5.11 Å². The van der Waals surface area contributed by atoms with Crippen molar-refractivity contribution in [1.29, 1.82) is 0 Å². The van der Waals surface area contributed by atoms with Gasteiger partial charge in [-0.2, -0.15) is 0 Å². The Labute approximate surface area is 104 Å². The second-order valence-electron chi connectivity index (χ2n) is 4.27. The van der Waals surface area contributed by atoms with E-state index >= 15 is 0 Å². The van der Waals surface area contributed by atoms with E-state index in [1.54, 1.807) is 0 Å². The van der Waals surface area contributed by atoms with E-state index in [9.17, 15) is 5.11 Å². The lowest BCUT2D eigenvalue weighted by atomic mass is 9.81. The summed E-state index contributed by atoms with van der Waals surface area (Å²) >= 11 is 0. The van der Waals surface area contributed by atoms with Crippen molar-refractivity contribution in [3.63, 3.8) is 0 Å². The molecule has 18 heavy (non-hydrogen) atoms. The van der Waals surface area contributed by atoms with Gasteiger partial charge >= 0.3 is 0 Å². The zero-order valence-corrected chi connectivity index (χ0v) is 9.56. The number of benzene rings is 2. The van der Waals surface area contributed by atoms with E-state index in [0.717, 1.165) is 22.3 Å². The molecule has 0 radical (unpaired) electrons.